The van der Waals surface area contributed by atoms with E-state index < -0.39 is 12.9 Å². The van der Waals surface area contributed by atoms with Gasteiger partial charge < -0.3 is 17.5 Å². The van der Waals surface area contributed by atoms with Crippen LogP contribution in [0.25, 0.3) is 0 Å². The van der Waals surface area contributed by atoms with Gasteiger partial charge in [-0.25, -0.2) is 9.05 Å². The average Bonchev–Trinajstić information content (AvgIpc) is 2.11. The molecule has 1 atom stereocenters. The van der Waals surface area contributed by atoms with Crippen LogP contribution in [0.2, 0.25) is 0 Å². The van der Waals surface area contributed by atoms with Crippen LogP contribution in [0.5, 0.6) is 0 Å². The first-order valence-corrected chi connectivity index (χ1v) is 8.02. The van der Waals surface area contributed by atoms with Crippen LogP contribution in [0.1, 0.15) is 53.9 Å². The van der Waals surface area contributed by atoms with Crippen molar-refractivity contribution in [2.24, 2.45) is 0 Å². The van der Waals surface area contributed by atoms with E-state index in [4.69, 9.17) is 21.7 Å². The van der Waals surface area contributed by atoms with Crippen molar-refractivity contribution < 1.29 is 32.8 Å². The van der Waals surface area contributed by atoms with Crippen molar-refractivity contribution in [2.45, 2.75) is 71.1 Å². The molecule has 0 saturated heterocycles. The minimum Gasteiger partial charge on any atom is -0.743 e. The predicted octanol–water partition coefficient (Wildman–Crippen LogP) is 0.0265. The van der Waals surface area contributed by atoms with Gasteiger partial charge in [0.1, 0.15) is 0 Å². The monoisotopic (exact) mass is 274 g/mol. The maximum absolute atomic E-state index is 12.5. The molecule has 0 saturated carbocycles. The van der Waals surface area contributed by atoms with Crippen LogP contribution in [-0.2, 0) is 21.7 Å². The molecule has 0 radical (unpaired) electrons. The number of unbranched alkanes of at least 4 members (excludes halogenated alkanes) is 1. The Morgan fingerprint density at radius 1 is 1.12 bits per heavy atom. The Morgan fingerprint density at radius 2 is 1.53 bits per heavy atom. The zero-order chi connectivity index (χ0) is 12.8. The molecule has 0 aromatic carbocycles. The molecule has 17 heavy (non-hydrogen) atoms. The summed E-state index contributed by atoms with van der Waals surface area (Å²) >= 11 is 5.26. The van der Waals surface area contributed by atoms with Gasteiger partial charge in [0.25, 0.3) is 0 Å². The van der Waals surface area contributed by atoms with Crippen LogP contribution in [0.4, 0.5) is 0 Å². The molecule has 0 rings (SSSR count). The second-order valence-electron chi connectivity index (χ2n) is 4.45. The van der Waals surface area contributed by atoms with E-state index in [0.717, 1.165) is 12.8 Å². The van der Waals surface area contributed by atoms with Crippen molar-refractivity contribution in [3.05, 3.63) is 0 Å². The summed E-state index contributed by atoms with van der Waals surface area (Å²) in [5, 5.41) is 0. The molecular weight excluding hydrogens is 250 g/mol. The Hall–Kier alpha value is 1.26. The summed E-state index contributed by atoms with van der Waals surface area (Å²) in [6, 6.07) is 0. The summed E-state index contributed by atoms with van der Waals surface area (Å²) in [5.41, 5.74) is 0. The molecule has 0 spiro atoms. The van der Waals surface area contributed by atoms with E-state index in [1.54, 1.807) is 0 Å². The van der Waals surface area contributed by atoms with E-state index in [1.165, 1.54) is 0 Å². The summed E-state index contributed by atoms with van der Waals surface area (Å²) in [6.07, 6.45) is 2.45. The average molecular weight is 274 g/mol. The van der Waals surface area contributed by atoms with Crippen LogP contribution < -0.4 is 23.8 Å². The molecule has 0 aliphatic rings. The van der Waals surface area contributed by atoms with Gasteiger partial charge in [0, 0.05) is 4.99 Å². The maximum Gasteiger partial charge on any atom is 1.00 e. The van der Waals surface area contributed by atoms with Crippen molar-refractivity contribution in [2.75, 3.05) is 0 Å². The molecule has 0 N–H and O–H groups in total. The molecule has 0 bridgehead atoms. The Kier molecular flexibility index (Phi) is 12.2. The summed E-state index contributed by atoms with van der Waals surface area (Å²) in [5.74, 6) is 0. The van der Waals surface area contributed by atoms with Crippen LogP contribution in [0.3, 0.4) is 0 Å². The van der Waals surface area contributed by atoms with Gasteiger partial charge in [-0.05, 0) is 34.1 Å². The van der Waals surface area contributed by atoms with Gasteiger partial charge in [-0.2, -0.15) is 0 Å². The topological polar surface area (TPSA) is 41.5 Å². The molecule has 0 heterocycles. The van der Waals surface area contributed by atoms with Gasteiger partial charge >= 0.3 is 18.9 Å². The van der Waals surface area contributed by atoms with Crippen LogP contribution >= 0.6 is 7.94 Å². The van der Waals surface area contributed by atoms with E-state index in [2.05, 4.69) is 6.92 Å². The Balaban J connectivity index is 0. The molecular formula is C11H24LiO3PS. The maximum atomic E-state index is 12.5. The first kappa shape index (κ1) is 20.6. The van der Waals surface area contributed by atoms with E-state index in [9.17, 15) is 4.89 Å². The molecule has 0 amide bonds. The normalized spacial score (nSPS) is 13.9. The molecule has 0 aromatic heterocycles. The van der Waals surface area contributed by atoms with Gasteiger partial charge in [-0.1, -0.05) is 19.8 Å². The number of hydrogen-bond acceptors (Lipinski definition) is 4. The molecule has 6 heteroatoms. The van der Waals surface area contributed by atoms with Crippen molar-refractivity contribution >= 4 is 20.6 Å². The largest absolute Gasteiger partial charge is 1.00 e. The van der Waals surface area contributed by atoms with E-state index >= 15 is 0 Å². The minimum atomic E-state index is -3.14. The Labute approximate surface area is 124 Å². The van der Waals surface area contributed by atoms with Crippen LogP contribution in [0.15, 0.2) is 0 Å². The third kappa shape index (κ3) is 8.89. The molecule has 0 aliphatic heterocycles. The molecule has 0 fully saturated rings. The minimum absolute atomic E-state index is 0. The van der Waals surface area contributed by atoms with Crippen LogP contribution in [-0.4, -0.2) is 17.2 Å². The van der Waals surface area contributed by atoms with Gasteiger partial charge in [0.05, 0.1) is 12.2 Å². The SMILES string of the molecule is CCCC[C@H]([S-])[P+]([O-])(OC(C)C)OC(C)C.[Li+]. The molecule has 98 valence electrons. The van der Waals surface area contributed by atoms with Crippen molar-refractivity contribution in [1.29, 1.82) is 0 Å². The fourth-order valence-corrected chi connectivity index (χ4v) is 3.75. The number of hydrogen-bond donors (Lipinski definition) is 0. The summed E-state index contributed by atoms with van der Waals surface area (Å²) < 4.78 is 10.9. The third-order valence-electron chi connectivity index (χ3n) is 1.87. The van der Waals surface area contributed by atoms with Gasteiger partial charge in [-0.3, -0.25) is 0 Å². The summed E-state index contributed by atoms with van der Waals surface area (Å²) in [4.78, 5) is 12.1. The third-order valence-corrected chi connectivity index (χ3v) is 5.28. The standard InChI is InChI=1S/C11H25O3PS.Li/c1-6-7-8-11(16)15(12,13-9(2)3)14-10(4)5;/h9-11,16H,6-8H2,1-5H3;/q;+1/p-1/t11-;/m0./s1. The Morgan fingerprint density at radius 3 is 1.82 bits per heavy atom. The molecule has 3 nitrogen and oxygen atoms in total. The van der Waals surface area contributed by atoms with Crippen molar-refractivity contribution in [3.63, 3.8) is 0 Å². The molecule has 0 aliphatic carbocycles. The first-order valence-electron chi connectivity index (χ1n) is 5.94. The zero-order valence-electron chi connectivity index (χ0n) is 11.9. The molecule has 0 aromatic rings. The van der Waals surface area contributed by atoms with Crippen molar-refractivity contribution in [3.8, 4) is 0 Å². The van der Waals surface area contributed by atoms with E-state index in [-0.39, 0.29) is 31.1 Å². The molecule has 0 unspecified atom stereocenters. The Bertz CT molecular complexity index is 184. The second-order valence-corrected chi connectivity index (χ2v) is 7.49. The van der Waals surface area contributed by atoms with Crippen molar-refractivity contribution in [1.82, 2.24) is 0 Å². The van der Waals surface area contributed by atoms with Gasteiger partial charge in [0.15, 0.2) is 0 Å². The summed E-state index contributed by atoms with van der Waals surface area (Å²) in [6.45, 7) is 9.46. The zero-order valence-corrected chi connectivity index (χ0v) is 13.6. The predicted molar refractivity (Wildman–Crippen MR) is 70.0 cm³/mol. The first-order chi connectivity index (χ1) is 7.31. The van der Waals surface area contributed by atoms with Gasteiger partial charge in [0.2, 0.25) is 7.94 Å². The van der Waals surface area contributed by atoms with Crippen LogP contribution in [0, 0.1) is 0 Å². The fraction of sp³-hybridized carbons (Fsp3) is 1.00. The van der Waals surface area contributed by atoms with Gasteiger partial charge in [-0.15, -0.1) is 0 Å². The smallest absolute Gasteiger partial charge is 0.743 e. The van der Waals surface area contributed by atoms with E-state index in [0.29, 0.717) is 6.42 Å². The fourth-order valence-electron chi connectivity index (χ4n) is 1.29. The summed E-state index contributed by atoms with van der Waals surface area (Å²) in [7, 11) is -3.14. The second kappa shape index (κ2) is 10.1. The van der Waals surface area contributed by atoms with E-state index in [1.807, 2.05) is 27.7 Å². The quantitative estimate of drug-likeness (QED) is 0.356. The number of rotatable bonds is 8.